The Balaban J connectivity index is 1.41. The number of amides is 1. The molecule has 1 unspecified atom stereocenters. The fraction of sp³-hybridized carbons (Fsp3) is 0.316. The van der Waals surface area contributed by atoms with Gasteiger partial charge in [0.25, 0.3) is 5.91 Å². The normalized spacial score (nSPS) is 18.5. The number of hydrogen-bond donors (Lipinski definition) is 1. The van der Waals surface area contributed by atoms with Gasteiger partial charge in [0.1, 0.15) is 21.8 Å². The van der Waals surface area contributed by atoms with Gasteiger partial charge >= 0.3 is 0 Å². The van der Waals surface area contributed by atoms with Gasteiger partial charge in [-0.2, -0.15) is 0 Å². The van der Waals surface area contributed by atoms with E-state index in [2.05, 4.69) is 15.3 Å². The van der Waals surface area contributed by atoms with Gasteiger partial charge in [-0.05, 0) is 18.2 Å². The van der Waals surface area contributed by atoms with Crippen LogP contribution in [0.3, 0.4) is 0 Å². The van der Waals surface area contributed by atoms with Gasteiger partial charge in [0.2, 0.25) is 6.79 Å². The molecule has 9 heteroatoms. The third kappa shape index (κ3) is 2.92. The summed E-state index contributed by atoms with van der Waals surface area (Å²) in [6.07, 6.45) is 5.32. The van der Waals surface area contributed by atoms with E-state index >= 15 is 0 Å². The van der Waals surface area contributed by atoms with Crippen molar-refractivity contribution >= 4 is 17.2 Å². The standard InChI is InChI=1S/C19H19N5O3S/c1-23-6-5-21-17(23)13-9-20-4-7-24(13)19(25)16-10-22-18(28-16)12-2-3-14-15(8-12)27-11-26-14/h2-3,5-6,8,10,13,20H,4,7,9,11H2,1H3. The molecule has 2 aliphatic rings. The van der Waals surface area contributed by atoms with Gasteiger partial charge in [-0.15, -0.1) is 11.3 Å². The van der Waals surface area contributed by atoms with E-state index in [1.54, 1.807) is 12.4 Å². The number of rotatable bonds is 3. The molecule has 1 atom stereocenters. The number of carbonyl (C=O) groups excluding carboxylic acids is 1. The molecule has 5 rings (SSSR count). The highest BCUT2D eigenvalue weighted by Gasteiger charge is 2.32. The van der Waals surface area contributed by atoms with E-state index in [0.717, 1.165) is 28.7 Å². The van der Waals surface area contributed by atoms with Gasteiger partial charge in [0.05, 0.1) is 6.20 Å². The van der Waals surface area contributed by atoms with E-state index in [1.165, 1.54) is 11.3 Å². The van der Waals surface area contributed by atoms with Crippen molar-refractivity contribution in [2.75, 3.05) is 26.4 Å². The van der Waals surface area contributed by atoms with E-state index in [0.29, 0.717) is 23.7 Å². The van der Waals surface area contributed by atoms with Gasteiger partial charge in [-0.3, -0.25) is 4.79 Å². The maximum Gasteiger partial charge on any atom is 0.266 e. The predicted octanol–water partition coefficient (Wildman–Crippen LogP) is 2.06. The summed E-state index contributed by atoms with van der Waals surface area (Å²) in [5.41, 5.74) is 0.911. The third-order valence-corrected chi connectivity index (χ3v) is 6.03. The number of thiazole rings is 1. The number of aryl methyl sites for hydroxylation is 1. The summed E-state index contributed by atoms with van der Waals surface area (Å²) in [5.74, 6) is 2.30. The van der Waals surface area contributed by atoms with Crippen molar-refractivity contribution in [1.82, 2.24) is 24.8 Å². The van der Waals surface area contributed by atoms with Gasteiger partial charge in [0.15, 0.2) is 11.5 Å². The second-order valence-electron chi connectivity index (χ2n) is 6.71. The Kier molecular flexibility index (Phi) is 4.25. The number of aromatic nitrogens is 3. The van der Waals surface area contributed by atoms with Crippen LogP contribution in [0.25, 0.3) is 10.6 Å². The van der Waals surface area contributed by atoms with Gasteiger partial charge in [-0.25, -0.2) is 9.97 Å². The van der Waals surface area contributed by atoms with Crippen LogP contribution in [0.15, 0.2) is 36.8 Å². The van der Waals surface area contributed by atoms with Crippen LogP contribution in [0, 0.1) is 0 Å². The molecular weight excluding hydrogens is 378 g/mol. The Morgan fingerprint density at radius 2 is 2.18 bits per heavy atom. The molecular formula is C19H19N5O3S. The van der Waals surface area contributed by atoms with Crippen molar-refractivity contribution in [2.24, 2.45) is 7.05 Å². The molecule has 1 saturated heterocycles. The maximum absolute atomic E-state index is 13.2. The summed E-state index contributed by atoms with van der Waals surface area (Å²) in [4.78, 5) is 24.7. The lowest BCUT2D eigenvalue weighted by molar-refractivity contribution is 0.0625. The molecule has 28 heavy (non-hydrogen) atoms. The first kappa shape index (κ1) is 17.2. The topological polar surface area (TPSA) is 81.5 Å². The number of hydrogen-bond acceptors (Lipinski definition) is 7. The van der Waals surface area contributed by atoms with Crippen LogP contribution < -0.4 is 14.8 Å². The Morgan fingerprint density at radius 1 is 1.29 bits per heavy atom. The summed E-state index contributed by atoms with van der Waals surface area (Å²) in [6, 6.07) is 5.60. The molecule has 1 N–H and O–H groups in total. The maximum atomic E-state index is 13.2. The summed E-state index contributed by atoms with van der Waals surface area (Å²) in [7, 11) is 1.95. The van der Waals surface area contributed by atoms with Crippen molar-refractivity contribution in [3.8, 4) is 22.1 Å². The zero-order chi connectivity index (χ0) is 19.1. The number of ether oxygens (including phenoxy) is 2. The number of fused-ring (bicyclic) bond motifs is 1. The molecule has 1 fully saturated rings. The number of nitrogens with one attached hydrogen (secondary N) is 1. The molecule has 1 amide bonds. The van der Waals surface area contributed by atoms with E-state index in [1.807, 2.05) is 40.9 Å². The van der Waals surface area contributed by atoms with Gasteiger partial charge in [-0.1, -0.05) is 0 Å². The van der Waals surface area contributed by atoms with E-state index in [9.17, 15) is 4.79 Å². The molecule has 0 saturated carbocycles. The number of benzene rings is 1. The quantitative estimate of drug-likeness (QED) is 0.729. The molecule has 1 aromatic carbocycles. The van der Waals surface area contributed by atoms with E-state index in [-0.39, 0.29) is 18.7 Å². The first-order valence-corrected chi connectivity index (χ1v) is 9.87. The van der Waals surface area contributed by atoms with Gasteiger partial charge in [0, 0.05) is 44.6 Å². The van der Waals surface area contributed by atoms with Crippen LogP contribution >= 0.6 is 11.3 Å². The fourth-order valence-electron chi connectivity index (χ4n) is 3.55. The lowest BCUT2D eigenvalue weighted by atomic mass is 10.1. The molecule has 0 bridgehead atoms. The van der Waals surface area contributed by atoms with Crippen molar-refractivity contribution in [2.45, 2.75) is 6.04 Å². The molecule has 2 aliphatic heterocycles. The van der Waals surface area contributed by atoms with Gasteiger partial charge < -0.3 is 24.3 Å². The number of piperazine rings is 1. The van der Waals surface area contributed by atoms with Crippen LogP contribution in [0.2, 0.25) is 0 Å². The highest BCUT2D eigenvalue weighted by atomic mass is 32.1. The highest BCUT2D eigenvalue weighted by Crippen LogP contribution is 2.37. The van der Waals surface area contributed by atoms with E-state index in [4.69, 9.17) is 9.47 Å². The highest BCUT2D eigenvalue weighted by molar-refractivity contribution is 7.16. The zero-order valence-corrected chi connectivity index (χ0v) is 16.1. The molecule has 3 aromatic rings. The average molecular weight is 397 g/mol. The minimum atomic E-state index is -0.0997. The Morgan fingerprint density at radius 3 is 3.04 bits per heavy atom. The van der Waals surface area contributed by atoms with Crippen LogP contribution in [0.5, 0.6) is 11.5 Å². The van der Waals surface area contributed by atoms with Crippen molar-refractivity contribution in [3.63, 3.8) is 0 Å². The van der Waals surface area contributed by atoms with Crippen molar-refractivity contribution < 1.29 is 14.3 Å². The molecule has 0 spiro atoms. The molecule has 144 valence electrons. The summed E-state index contributed by atoms with van der Waals surface area (Å²) < 4.78 is 12.8. The van der Waals surface area contributed by atoms with Crippen LogP contribution in [-0.2, 0) is 7.05 Å². The largest absolute Gasteiger partial charge is 0.454 e. The molecule has 2 aromatic heterocycles. The third-order valence-electron chi connectivity index (χ3n) is 5.00. The summed E-state index contributed by atoms with van der Waals surface area (Å²) in [5, 5.41) is 4.14. The number of carbonyl (C=O) groups is 1. The summed E-state index contributed by atoms with van der Waals surface area (Å²) >= 11 is 1.39. The number of imidazole rings is 1. The average Bonchev–Trinajstić information content (AvgIpc) is 3.47. The number of nitrogens with zero attached hydrogens (tertiary/aromatic N) is 4. The lowest BCUT2D eigenvalue weighted by Crippen LogP contribution is -2.49. The first-order valence-electron chi connectivity index (χ1n) is 9.05. The monoisotopic (exact) mass is 397 g/mol. The molecule has 8 nitrogen and oxygen atoms in total. The fourth-order valence-corrected chi connectivity index (χ4v) is 4.42. The molecule has 0 aliphatic carbocycles. The smallest absolute Gasteiger partial charge is 0.266 e. The lowest BCUT2D eigenvalue weighted by Gasteiger charge is -2.35. The van der Waals surface area contributed by atoms with Crippen molar-refractivity contribution in [3.05, 3.63) is 47.5 Å². The van der Waals surface area contributed by atoms with Crippen LogP contribution in [-0.4, -0.2) is 51.8 Å². The SMILES string of the molecule is Cn1ccnc1C1CNCCN1C(=O)c1cnc(-c2ccc3c(c2)OCO3)s1. The predicted molar refractivity (Wildman–Crippen MR) is 104 cm³/mol. The van der Waals surface area contributed by atoms with E-state index < -0.39 is 0 Å². The minimum Gasteiger partial charge on any atom is -0.454 e. The summed E-state index contributed by atoms with van der Waals surface area (Å²) in [6.45, 7) is 2.32. The van der Waals surface area contributed by atoms with Crippen molar-refractivity contribution in [1.29, 1.82) is 0 Å². The Labute approximate surface area is 165 Å². The Hall–Kier alpha value is -2.91. The van der Waals surface area contributed by atoms with Crippen LogP contribution in [0.1, 0.15) is 21.5 Å². The zero-order valence-electron chi connectivity index (χ0n) is 15.3. The molecule has 4 heterocycles. The minimum absolute atomic E-state index is 0.0148. The van der Waals surface area contributed by atoms with Crippen LogP contribution in [0.4, 0.5) is 0 Å². The molecule has 0 radical (unpaired) electrons. The first-order chi connectivity index (χ1) is 13.7. The second-order valence-corrected chi connectivity index (χ2v) is 7.74. The second kappa shape index (κ2) is 6.92. The Bertz CT molecular complexity index is 1030.